The van der Waals surface area contributed by atoms with Crippen LogP contribution in [0.4, 0.5) is 17.6 Å². The number of benzene rings is 1. The van der Waals surface area contributed by atoms with Gasteiger partial charge in [-0.25, -0.2) is 8.78 Å². The van der Waals surface area contributed by atoms with Crippen LogP contribution in [0.1, 0.15) is 84.1 Å². The lowest BCUT2D eigenvalue weighted by Gasteiger charge is -2.57. The standard InChI is InChI=1S/C30H36F4OS/c1-5-36-21-10-6-18(7-11-21)24-17-27(2)25(14-15-28(27,3)30(33,34)29(4,31)32)23-12-8-19-16-20(35)9-13-22(19)26(23)24/h6-7,10-11,16,23-25H,5,8-9,12-15,17H2,1-4H3/t23?,24?,25?,27?,28-/m1/s1. The van der Waals surface area contributed by atoms with E-state index >= 15 is 8.78 Å². The maximum Gasteiger partial charge on any atom is 0.315 e. The van der Waals surface area contributed by atoms with Crippen molar-refractivity contribution in [2.24, 2.45) is 22.7 Å². The van der Waals surface area contributed by atoms with E-state index in [1.54, 1.807) is 17.8 Å². The summed E-state index contributed by atoms with van der Waals surface area (Å²) in [5, 5.41) is 0. The maximum absolute atomic E-state index is 15.6. The second-order valence-corrected chi connectivity index (χ2v) is 13.2. The van der Waals surface area contributed by atoms with Crippen LogP contribution in [0.3, 0.4) is 0 Å². The van der Waals surface area contributed by atoms with E-state index < -0.39 is 22.7 Å². The Balaban J connectivity index is 1.67. The Morgan fingerprint density at radius 2 is 1.72 bits per heavy atom. The molecule has 196 valence electrons. The van der Waals surface area contributed by atoms with Crippen molar-refractivity contribution in [2.75, 3.05) is 5.75 Å². The van der Waals surface area contributed by atoms with Crippen LogP contribution in [-0.4, -0.2) is 23.4 Å². The van der Waals surface area contributed by atoms with Gasteiger partial charge in [0.05, 0.1) is 0 Å². The van der Waals surface area contributed by atoms with Crippen molar-refractivity contribution in [3.05, 3.63) is 52.6 Å². The third-order valence-corrected chi connectivity index (χ3v) is 11.1. The number of ketones is 1. The zero-order chi connectivity index (χ0) is 26.1. The minimum Gasteiger partial charge on any atom is -0.295 e. The van der Waals surface area contributed by atoms with Gasteiger partial charge in [0.25, 0.3) is 0 Å². The lowest BCUT2D eigenvalue weighted by atomic mass is 9.48. The maximum atomic E-state index is 15.6. The van der Waals surface area contributed by atoms with E-state index in [-0.39, 0.29) is 30.0 Å². The Bertz CT molecular complexity index is 1110. The van der Waals surface area contributed by atoms with E-state index in [2.05, 4.69) is 31.2 Å². The van der Waals surface area contributed by atoms with Crippen molar-refractivity contribution >= 4 is 17.5 Å². The molecule has 1 aromatic carbocycles. The normalized spacial score (nSPS) is 34.7. The molecule has 0 bridgehead atoms. The molecule has 0 spiro atoms. The average Bonchev–Trinajstić information content (AvgIpc) is 3.10. The highest BCUT2D eigenvalue weighted by molar-refractivity contribution is 7.99. The van der Waals surface area contributed by atoms with Gasteiger partial charge in [-0.2, -0.15) is 8.78 Å². The van der Waals surface area contributed by atoms with Gasteiger partial charge in [0.1, 0.15) is 0 Å². The molecule has 0 aliphatic heterocycles. The largest absolute Gasteiger partial charge is 0.315 e. The molecule has 4 aliphatic carbocycles. The molecule has 0 aromatic heterocycles. The number of allylic oxidation sites excluding steroid dienone is 4. The lowest BCUT2D eigenvalue weighted by Crippen LogP contribution is -2.59. The van der Waals surface area contributed by atoms with Crippen LogP contribution in [0.2, 0.25) is 0 Å². The van der Waals surface area contributed by atoms with Crippen LogP contribution < -0.4 is 0 Å². The molecule has 0 saturated heterocycles. The first kappa shape index (κ1) is 26.1. The van der Waals surface area contributed by atoms with Crippen LogP contribution in [0.15, 0.2) is 52.0 Å². The molecule has 1 aromatic rings. The molecule has 0 N–H and O–H groups in total. The fourth-order valence-electron chi connectivity index (χ4n) is 8.17. The molecule has 2 saturated carbocycles. The molecule has 4 aliphatic rings. The zero-order valence-corrected chi connectivity index (χ0v) is 22.4. The lowest BCUT2D eigenvalue weighted by molar-refractivity contribution is -0.284. The second kappa shape index (κ2) is 8.74. The van der Waals surface area contributed by atoms with E-state index in [0.29, 0.717) is 32.6 Å². The van der Waals surface area contributed by atoms with Crippen molar-refractivity contribution in [2.45, 2.75) is 95.3 Å². The Hall–Kier alpha value is -1.56. The van der Waals surface area contributed by atoms with Gasteiger partial charge in [-0.1, -0.05) is 38.5 Å². The van der Waals surface area contributed by atoms with Crippen molar-refractivity contribution in [1.29, 1.82) is 0 Å². The van der Waals surface area contributed by atoms with E-state index in [4.69, 9.17) is 0 Å². The van der Waals surface area contributed by atoms with E-state index in [0.717, 1.165) is 34.6 Å². The van der Waals surface area contributed by atoms with Gasteiger partial charge < -0.3 is 0 Å². The number of alkyl halides is 4. The minimum absolute atomic E-state index is 0.0661. The monoisotopic (exact) mass is 520 g/mol. The summed E-state index contributed by atoms with van der Waals surface area (Å²) in [6.07, 6.45) is 5.59. The summed E-state index contributed by atoms with van der Waals surface area (Å²) in [4.78, 5) is 13.4. The van der Waals surface area contributed by atoms with E-state index in [1.807, 2.05) is 6.92 Å². The fourth-order valence-corrected chi connectivity index (χ4v) is 8.83. The number of carbonyl (C=O) groups is 1. The zero-order valence-electron chi connectivity index (χ0n) is 21.6. The number of hydrogen-bond donors (Lipinski definition) is 0. The summed E-state index contributed by atoms with van der Waals surface area (Å²) in [6, 6.07) is 8.37. The second-order valence-electron chi connectivity index (χ2n) is 11.8. The molecule has 0 radical (unpaired) electrons. The van der Waals surface area contributed by atoms with E-state index in [1.165, 1.54) is 18.1 Å². The van der Waals surface area contributed by atoms with Crippen LogP contribution in [0.25, 0.3) is 0 Å². The number of rotatable bonds is 5. The number of halogens is 4. The summed E-state index contributed by atoms with van der Waals surface area (Å²) in [5.41, 5.74) is 1.99. The molecule has 0 amide bonds. The SMILES string of the molecule is CCSc1ccc(C2CC3(C)C(CC[C@@]3(C)C(F)(F)C(C)(F)F)C3CCC4=CC(=O)CCC4=C23)cc1. The highest BCUT2D eigenvalue weighted by Crippen LogP contribution is 2.74. The highest BCUT2D eigenvalue weighted by Gasteiger charge is 2.74. The molecule has 4 unspecified atom stereocenters. The van der Waals surface area contributed by atoms with Gasteiger partial charge in [-0.15, -0.1) is 11.8 Å². The number of fused-ring (bicyclic) bond motifs is 4. The van der Waals surface area contributed by atoms with Gasteiger partial charge in [0.2, 0.25) is 0 Å². The van der Waals surface area contributed by atoms with E-state index in [9.17, 15) is 13.6 Å². The first-order valence-corrected chi connectivity index (χ1v) is 14.3. The molecule has 36 heavy (non-hydrogen) atoms. The first-order valence-electron chi connectivity index (χ1n) is 13.3. The first-order chi connectivity index (χ1) is 16.8. The van der Waals surface area contributed by atoms with Gasteiger partial charge >= 0.3 is 11.8 Å². The summed E-state index contributed by atoms with van der Waals surface area (Å²) >= 11 is 1.75. The Morgan fingerprint density at radius 1 is 1.03 bits per heavy atom. The third kappa shape index (κ3) is 3.67. The van der Waals surface area contributed by atoms with Crippen molar-refractivity contribution in [1.82, 2.24) is 0 Å². The van der Waals surface area contributed by atoms with Gasteiger partial charge in [-0.05, 0) is 96.4 Å². The van der Waals surface area contributed by atoms with Crippen LogP contribution >= 0.6 is 11.8 Å². The molecular weight excluding hydrogens is 484 g/mol. The molecular formula is C30H36F4OS. The summed E-state index contributed by atoms with van der Waals surface area (Å²) in [5.74, 6) is -7.16. The minimum atomic E-state index is -4.10. The van der Waals surface area contributed by atoms with Crippen molar-refractivity contribution in [3.8, 4) is 0 Å². The summed E-state index contributed by atoms with van der Waals surface area (Å²) < 4.78 is 60.2. The van der Waals surface area contributed by atoms with Crippen molar-refractivity contribution < 1.29 is 22.4 Å². The van der Waals surface area contributed by atoms with Crippen LogP contribution in [0, 0.1) is 22.7 Å². The molecule has 1 nitrogen and oxygen atoms in total. The molecule has 5 atom stereocenters. The van der Waals surface area contributed by atoms with Crippen molar-refractivity contribution in [3.63, 3.8) is 0 Å². The summed E-state index contributed by atoms with van der Waals surface area (Å²) in [7, 11) is 0. The number of carbonyl (C=O) groups excluding carboxylic acids is 1. The molecule has 0 heterocycles. The van der Waals surface area contributed by atoms with Crippen LogP contribution in [-0.2, 0) is 4.79 Å². The fraction of sp³-hybridized carbons (Fsp3) is 0.633. The predicted molar refractivity (Wildman–Crippen MR) is 137 cm³/mol. The quantitative estimate of drug-likeness (QED) is 0.285. The number of thioether (sulfide) groups is 1. The highest BCUT2D eigenvalue weighted by atomic mass is 32.2. The number of hydrogen-bond acceptors (Lipinski definition) is 2. The predicted octanol–water partition coefficient (Wildman–Crippen LogP) is 8.99. The molecule has 5 rings (SSSR count). The van der Waals surface area contributed by atoms with Gasteiger partial charge in [0, 0.05) is 29.6 Å². The van der Waals surface area contributed by atoms with Crippen LogP contribution in [0.5, 0.6) is 0 Å². The third-order valence-electron chi connectivity index (χ3n) is 10.2. The smallest absolute Gasteiger partial charge is 0.295 e. The Morgan fingerprint density at radius 3 is 2.36 bits per heavy atom. The average molecular weight is 521 g/mol. The van der Waals surface area contributed by atoms with Gasteiger partial charge in [-0.3, -0.25) is 4.79 Å². The summed E-state index contributed by atoms with van der Waals surface area (Å²) in [6.45, 7) is 5.77. The topological polar surface area (TPSA) is 17.1 Å². The molecule has 2 fully saturated rings. The Labute approximate surface area is 216 Å². The Kier molecular flexibility index (Phi) is 6.33. The molecule has 6 heteroatoms. The van der Waals surface area contributed by atoms with Gasteiger partial charge in [0.15, 0.2) is 5.78 Å².